The first-order valence-electron chi connectivity index (χ1n) is 5.55. The van der Waals surface area contributed by atoms with Crippen molar-refractivity contribution in [3.8, 4) is 0 Å². The number of rotatable bonds is 2. The van der Waals surface area contributed by atoms with Crippen molar-refractivity contribution in [3.63, 3.8) is 0 Å². The fourth-order valence-electron chi connectivity index (χ4n) is 2.14. The lowest BCUT2D eigenvalue weighted by molar-refractivity contribution is 0.0451. The number of amides is 1. The van der Waals surface area contributed by atoms with E-state index >= 15 is 0 Å². The van der Waals surface area contributed by atoms with Gasteiger partial charge in [0.25, 0.3) is 5.91 Å². The molecule has 0 radical (unpaired) electrons. The molecule has 1 aromatic carbocycles. The monoisotopic (exact) mass is 221 g/mol. The highest BCUT2D eigenvalue weighted by Gasteiger charge is 2.32. The normalized spacial score (nSPS) is 16.1. The molecule has 0 spiro atoms. The zero-order chi connectivity index (χ0) is 11.7. The minimum Gasteiger partial charge on any atom is -0.338 e. The second-order valence-electron chi connectivity index (χ2n) is 4.50. The fourth-order valence-corrected chi connectivity index (χ4v) is 2.14. The summed E-state index contributed by atoms with van der Waals surface area (Å²) in [6.07, 6.45) is 0. The van der Waals surface area contributed by atoms with E-state index in [0.29, 0.717) is 13.1 Å². The van der Waals surface area contributed by atoms with Gasteiger partial charge in [-0.3, -0.25) is 9.18 Å². The van der Waals surface area contributed by atoms with Crippen LogP contribution in [-0.4, -0.2) is 30.6 Å². The van der Waals surface area contributed by atoms with Gasteiger partial charge in [0.2, 0.25) is 0 Å². The van der Waals surface area contributed by atoms with Crippen molar-refractivity contribution < 1.29 is 9.18 Å². The quantitative estimate of drug-likeness (QED) is 0.750. The van der Waals surface area contributed by atoms with Gasteiger partial charge in [-0.05, 0) is 25.0 Å². The van der Waals surface area contributed by atoms with Gasteiger partial charge in [-0.25, -0.2) is 0 Å². The molecule has 1 amide bonds. The van der Waals surface area contributed by atoms with Gasteiger partial charge < -0.3 is 4.90 Å². The Balaban J connectivity index is 2.16. The molecule has 16 heavy (non-hydrogen) atoms. The van der Waals surface area contributed by atoms with E-state index in [2.05, 4.69) is 0 Å². The molecular weight excluding hydrogens is 205 g/mol. The number of alkyl halides is 1. The maximum Gasteiger partial charge on any atom is 0.254 e. The molecule has 0 unspecified atom stereocenters. The third-order valence-corrected chi connectivity index (χ3v) is 3.16. The Morgan fingerprint density at radius 1 is 1.38 bits per heavy atom. The van der Waals surface area contributed by atoms with Gasteiger partial charge in [-0.2, -0.15) is 0 Å². The molecule has 0 aromatic heterocycles. The molecule has 1 aliphatic heterocycles. The molecule has 86 valence electrons. The van der Waals surface area contributed by atoms with E-state index in [4.69, 9.17) is 0 Å². The van der Waals surface area contributed by atoms with Crippen LogP contribution in [0.25, 0.3) is 0 Å². The molecule has 0 saturated carbocycles. The topological polar surface area (TPSA) is 20.3 Å². The van der Waals surface area contributed by atoms with Gasteiger partial charge in [0, 0.05) is 24.6 Å². The number of carbonyl (C=O) groups is 1. The summed E-state index contributed by atoms with van der Waals surface area (Å²) >= 11 is 0. The van der Waals surface area contributed by atoms with Crippen LogP contribution < -0.4 is 0 Å². The van der Waals surface area contributed by atoms with Crippen molar-refractivity contribution in [2.75, 3.05) is 19.8 Å². The van der Waals surface area contributed by atoms with Crippen LogP contribution in [0.1, 0.15) is 21.5 Å². The molecule has 3 heteroatoms. The molecule has 1 fully saturated rings. The molecule has 1 aromatic rings. The maximum absolute atomic E-state index is 12.3. The number of halogens is 1. The van der Waals surface area contributed by atoms with Crippen LogP contribution in [0.15, 0.2) is 18.2 Å². The summed E-state index contributed by atoms with van der Waals surface area (Å²) in [7, 11) is 0. The molecular formula is C13H16FNO. The molecule has 2 nitrogen and oxygen atoms in total. The van der Waals surface area contributed by atoms with Gasteiger partial charge in [-0.15, -0.1) is 0 Å². The van der Waals surface area contributed by atoms with Gasteiger partial charge >= 0.3 is 0 Å². The highest BCUT2D eigenvalue weighted by molar-refractivity contribution is 5.97. The molecule has 0 atom stereocenters. The minimum absolute atomic E-state index is 0.0419. The molecule has 0 N–H and O–H groups in total. The highest BCUT2D eigenvalue weighted by atomic mass is 19.1. The van der Waals surface area contributed by atoms with Crippen LogP contribution in [0.5, 0.6) is 0 Å². The zero-order valence-electron chi connectivity index (χ0n) is 9.66. The summed E-state index contributed by atoms with van der Waals surface area (Å²) in [5.41, 5.74) is 2.77. The number of likely N-dealkylation sites (tertiary alicyclic amines) is 1. The Morgan fingerprint density at radius 2 is 1.94 bits per heavy atom. The van der Waals surface area contributed by atoms with E-state index in [1.54, 1.807) is 4.90 Å². The van der Waals surface area contributed by atoms with E-state index in [1.807, 2.05) is 32.0 Å². The van der Waals surface area contributed by atoms with E-state index in [1.165, 1.54) is 0 Å². The Hall–Kier alpha value is -1.38. The molecule has 1 saturated heterocycles. The first-order valence-corrected chi connectivity index (χ1v) is 5.55. The number of hydrogen-bond acceptors (Lipinski definition) is 1. The number of hydrogen-bond donors (Lipinski definition) is 0. The van der Waals surface area contributed by atoms with Gasteiger partial charge in [0.05, 0.1) is 6.67 Å². The number of nitrogens with zero attached hydrogens (tertiary/aromatic N) is 1. The van der Waals surface area contributed by atoms with E-state index in [9.17, 15) is 9.18 Å². The van der Waals surface area contributed by atoms with Crippen LogP contribution in [0, 0.1) is 19.8 Å². The van der Waals surface area contributed by atoms with E-state index < -0.39 is 0 Å². The number of benzene rings is 1. The molecule has 0 bridgehead atoms. The summed E-state index contributed by atoms with van der Waals surface area (Å²) in [6.45, 7) is 4.67. The predicted octanol–water partition coefficient (Wildman–Crippen LogP) is 2.34. The standard InChI is InChI=1S/C13H16FNO/c1-9-4-3-5-10(2)12(9)13(16)15-7-11(6-14)8-15/h3-5,11H,6-8H2,1-2H3. The summed E-state index contributed by atoms with van der Waals surface area (Å²) in [5, 5.41) is 0. The average Bonchev–Trinajstić information content (AvgIpc) is 2.15. The van der Waals surface area contributed by atoms with Crippen LogP contribution in [0.3, 0.4) is 0 Å². The second kappa shape index (κ2) is 4.24. The van der Waals surface area contributed by atoms with Crippen molar-refractivity contribution in [1.82, 2.24) is 4.90 Å². The van der Waals surface area contributed by atoms with Gasteiger partial charge in [0.1, 0.15) is 0 Å². The van der Waals surface area contributed by atoms with Gasteiger partial charge in [0.15, 0.2) is 0 Å². The SMILES string of the molecule is Cc1cccc(C)c1C(=O)N1CC(CF)C1. The van der Waals surface area contributed by atoms with E-state index in [-0.39, 0.29) is 18.5 Å². The van der Waals surface area contributed by atoms with Crippen molar-refractivity contribution in [2.24, 2.45) is 5.92 Å². The lowest BCUT2D eigenvalue weighted by Crippen LogP contribution is -2.51. The van der Waals surface area contributed by atoms with Crippen LogP contribution in [-0.2, 0) is 0 Å². The Morgan fingerprint density at radius 3 is 2.44 bits per heavy atom. The summed E-state index contributed by atoms with van der Waals surface area (Å²) in [5.74, 6) is 0.0913. The van der Waals surface area contributed by atoms with Crippen LogP contribution >= 0.6 is 0 Å². The Bertz CT molecular complexity index is 390. The molecule has 1 heterocycles. The highest BCUT2D eigenvalue weighted by Crippen LogP contribution is 2.22. The van der Waals surface area contributed by atoms with Crippen molar-refractivity contribution in [2.45, 2.75) is 13.8 Å². The average molecular weight is 221 g/mol. The smallest absolute Gasteiger partial charge is 0.254 e. The van der Waals surface area contributed by atoms with Crippen LogP contribution in [0.4, 0.5) is 4.39 Å². The molecule has 0 aliphatic carbocycles. The minimum atomic E-state index is -0.323. The Kier molecular flexibility index (Phi) is 2.95. The van der Waals surface area contributed by atoms with Crippen molar-refractivity contribution >= 4 is 5.91 Å². The van der Waals surface area contributed by atoms with Crippen molar-refractivity contribution in [1.29, 1.82) is 0 Å². The fraction of sp³-hybridized carbons (Fsp3) is 0.462. The predicted molar refractivity (Wildman–Crippen MR) is 61.3 cm³/mol. The number of carbonyl (C=O) groups excluding carboxylic acids is 1. The largest absolute Gasteiger partial charge is 0.338 e. The van der Waals surface area contributed by atoms with Gasteiger partial charge in [-0.1, -0.05) is 18.2 Å². The molecule has 1 aliphatic rings. The first-order chi connectivity index (χ1) is 7.63. The third kappa shape index (κ3) is 1.82. The Labute approximate surface area is 95.1 Å². The first kappa shape index (κ1) is 11.1. The number of aryl methyl sites for hydroxylation is 2. The summed E-state index contributed by atoms with van der Waals surface area (Å²) in [4.78, 5) is 13.9. The lowest BCUT2D eigenvalue weighted by Gasteiger charge is -2.38. The summed E-state index contributed by atoms with van der Waals surface area (Å²) in [6, 6.07) is 5.82. The maximum atomic E-state index is 12.3. The lowest BCUT2D eigenvalue weighted by atomic mass is 9.96. The van der Waals surface area contributed by atoms with Crippen molar-refractivity contribution in [3.05, 3.63) is 34.9 Å². The molecule has 2 rings (SSSR count). The summed E-state index contributed by atoms with van der Waals surface area (Å²) < 4.78 is 12.3. The third-order valence-electron chi connectivity index (χ3n) is 3.16. The second-order valence-corrected chi connectivity index (χ2v) is 4.50. The van der Waals surface area contributed by atoms with Crippen LogP contribution in [0.2, 0.25) is 0 Å². The zero-order valence-corrected chi connectivity index (χ0v) is 9.66. The van der Waals surface area contributed by atoms with E-state index in [0.717, 1.165) is 16.7 Å².